The molecule has 21 heavy (non-hydrogen) atoms. The topological polar surface area (TPSA) is 63.1 Å². The second-order valence-corrected chi connectivity index (χ2v) is 6.08. The summed E-state index contributed by atoms with van der Waals surface area (Å²) in [7, 11) is 0. The van der Waals surface area contributed by atoms with Gasteiger partial charge in [0.25, 0.3) is 0 Å². The molecule has 1 aromatic carbocycles. The minimum Gasteiger partial charge on any atom is -0.481 e. The van der Waals surface area contributed by atoms with Crippen molar-refractivity contribution in [3.05, 3.63) is 41.6 Å². The van der Waals surface area contributed by atoms with Crippen molar-refractivity contribution in [2.45, 2.75) is 31.8 Å². The highest BCUT2D eigenvalue weighted by Crippen LogP contribution is 2.24. The SMILES string of the molecule is Cc1cc(-c2ccc(C(C)C)cc2)nc(SCC(=O)O)n1. The van der Waals surface area contributed by atoms with Crippen molar-refractivity contribution in [2.24, 2.45) is 0 Å². The van der Waals surface area contributed by atoms with Crippen molar-refractivity contribution in [1.82, 2.24) is 9.97 Å². The number of aryl methyl sites for hydroxylation is 1. The van der Waals surface area contributed by atoms with E-state index in [-0.39, 0.29) is 5.75 Å². The van der Waals surface area contributed by atoms with Crippen LogP contribution in [0.5, 0.6) is 0 Å². The summed E-state index contributed by atoms with van der Waals surface area (Å²) in [5, 5.41) is 9.24. The molecule has 4 nitrogen and oxygen atoms in total. The van der Waals surface area contributed by atoms with Crippen molar-refractivity contribution in [3.8, 4) is 11.3 Å². The lowest BCUT2D eigenvalue weighted by Crippen LogP contribution is -2.00. The number of carbonyl (C=O) groups is 1. The van der Waals surface area contributed by atoms with Crippen molar-refractivity contribution in [2.75, 3.05) is 5.75 Å². The van der Waals surface area contributed by atoms with E-state index in [1.165, 1.54) is 5.56 Å². The van der Waals surface area contributed by atoms with E-state index in [1.807, 2.05) is 25.1 Å². The minimum atomic E-state index is -0.868. The maximum absolute atomic E-state index is 10.6. The Labute approximate surface area is 128 Å². The molecule has 0 saturated carbocycles. The van der Waals surface area contributed by atoms with Gasteiger partial charge < -0.3 is 5.11 Å². The summed E-state index contributed by atoms with van der Waals surface area (Å²) >= 11 is 1.14. The zero-order valence-electron chi connectivity index (χ0n) is 12.3. The number of rotatable bonds is 5. The van der Waals surface area contributed by atoms with Gasteiger partial charge in [-0.2, -0.15) is 0 Å². The van der Waals surface area contributed by atoms with Crippen molar-refractivity contribution >= 4 is 17.7 Å². The molecular formula is C16H18N2O2S. The Hall–Kier alpha value is -1.88. The van der Waals surface area contributed by atoms with Gasteiger partial charge in [-0.15, -0.1) is 0 Å². The van der Waals surface area contributed by atoms with Gasteiger partial charge in [-0.05, 0) is 24.5 Å². The molecule has 2 aromatic rings. The normalized spacial score (nSPS) is 10.9. The molecule has 0 radical (unpaired) electrons. The summed E-state index contributed by atoms with van der Waals surface area (Å²) in [6.07, 6.45) is 0. The fraction of sp³-hybridized carbons (Fsp3) is 0.312. The van der Waals surface area contributed by atoms with Crippen LogP contribution in [0.25, 0.3) is 11.3 Å². The number of aromatic nitrogens is 2. The molecule has 0 fully saturated rings. The standard InChI is InChI=1S/C16H18N2O2S/c1-10(2)12-4-6-13(7-5-12)14-8-11(3)17-16(18-14)21-9-15(19)20/h4-8,10H,9H2,1-3H3,(H,19,20). The molecule has 0 atom stereocenters. The van der Waals surface area contributed by atoms with Gasteiger partial charge in [0.15, 0.2) is 5.16 Å². The Morgan fingerprint density at radius 1 is 1.24 bits per heavy atom. The molecule has 0 aliphatic heterocycles. The first-order valence-electron chi connectivity index (χ1n) is 6.76. The van der Waals surface area contributed by atoms with Crippen LogP contribution in [0.4, 0.5) is 0 Å². The van der Waals surface area contributed by atoms with Gasteiger partial charge in [0.1, 0.15) is 0 Å². The number of carboxylic acid groups (broad SMARTS) is 1. The van der Waals surface area contributed by atoms with Crippen LogP contribution in [0.3, 0.4) is 0 Å². The van der Waals surface area contributed by atoms with Crippen LogP contribution < -0.4 is 0 Å². The molecule has 2 rings (SSSR count). The molecule has 0 aliphatic rings. The van der Waals surface area contributed by atoms with Crippen LogP contribution in [0.2, 0.25) is 0 Å². The number of thioether (sulfide) groups is 1. The third-order valence-corrected chi connectivity index (χ3v) is 3.86. The molecule has 0 saturated heterocycles. The number of aliphatic carboxylic acids is 1. The molecule has 0 bridgehead atoms. The summed E-state index contributed by atoms with van der Waals surface area (Å²) in [6, 6.07) is 10.2. The minimum absolute atomic E-state index is 0.0326. The number of nitrogens with zero attached hydrogens (tertiary/aromatic N) is 2. The maximum atomic E-state index is 10.6. The maximum Gasteiger partial charge on any atom is 0.313 e. The average molecular weight is 302 g/mol. The third-order valence-electron chi connectivity index (χ3n) is 3.03. The molecule has 0 unspecified atom stereocenters. The van der Waals surface area contributed by atoms with E-state index >= 15 is 0 Å². The zero-order valence-corrected chi connectivity index (χ0v) is 13.1. The smallest absolute Gasteiger partial charge is 0.313 e. The highest BCUT2D eigenvalue weighted by Gasteiger charge is 2.08. The average Bonchev–Trinajstić information content (AvgIpc) is 2.44. The summed E-state index contributed by atoms with van der Waals surface area (Å²) < 4.78 is 0. The Kier molecular flexibility index (Phi) is 4.96. The first kappa shape index (κ1) is 15.5. The Morgan fingerprint density at radius 3 is 2.48 bits per heavy atom. The van der Waals surface area contributed by atoms with Crippen LogP contribution in [-0.2, 0) is 4.79 Å². The van der Waals surface area contributed by atoms with E-state index in [0.29, 0.717) is 11.1 Å². The van der Waals surface area contributed by atoms with Crippen LogP contribution in [0, 0.1) is 6.92 Å². The number of benzene rings is 1. The molecule has 0 spiro atoms. The summed E-state index contributed by atoms with van der Waals surface area (Å²) in [5.74, 6) is -0.407. The van der Waals surface area contributed by atoms with E-state index < -0.39 is 5.97 Å². The van der Waals surface area contributed by atoms with Gasteiger partial charge in [-0.1, -0.05) is 49.9 Å². The molecule has 0 aliphatic carbocycles. The second kappa shape index (κ2) is 6.72. The van der Waals surface area contributed by atoms with Crippen molar-refractivity contribution < 1.29 is 9.90 Å². The van der Waals surface area contributed by atoms with Crippen LogP contribution in [-0.4, -0.2) is 26.8 Å². The molecule has 1 aromatic heterocycles. The predicted molar refractivity (Wildman–Crippen MR) is 84.7 cm³/mol. The van der Waals surface area contributed by atoms with Gasteiger partial charge >= 0.3 is 5.97 Å². The van der Waals surface area contributed by atoms with E-state index in [1.54, 1.807) is 0 Å². The quantitative estimate of drug-likeness (QED) is 0.673. The fourth-order valence-electron chi connectivity index (χ4n) is 1.92. The largest absolute Gasteiger partial charge is 0.481 e. The van der Waals surface area contributed by atoms with Gasteiger partial charge in [-0.3, -0.25) is 4.79 Å². The van der Waals surface area contributed by atoms with Crippen LogP contribution in [0.1, 0.15) is 31.0 Å². The third kappa shape index (κ3) is 4.29. The van der Waals surface area contributed by atoms with E-state index in [4.69, 9.17) is 5.11 Å². The van der Waals surface area contributed by atoms with Crippen LogP contribution >= 0.6 is 11.8 Å². The highest BCUT2D eigenvalue weighted by atomic mass is 32.2. The lowest BCUT2D eigenvalue weighted by Gasteiger charge is -2.08. The zero-order chi connectivity index (χ0) is 15.4. The molecule has 0 amide bonds. The number of hydrogen-bond acceptors (Lipinski definition) is 4. The summed E-state index contributed by atoms with van der Waals surface area (Å²) in [5.41, 5.74) is 3.96. The van der Waals surface area contributed by atoms with E-state index in [0.717, 1.165) is 28.7 Å². The Bertz CT molecular complexity index is 639. The van der Waals surface area contributed by atoms with E-state index in [2.05, 4.69) is 35.9 Å². The lowest BCUT2D eigenvalue weighted by molar-refractivity contribution is -0.133. The van der Waals surface area contributed by atoms with Crippen molar-refractivity contribution in [1.29, 1.82) is 0 Å². The number of hydrogen-bond donors (Lipinski definition) is 1. The van der Waals surface area contributed by atoms with Crippen LogP contribution in [0.15, 0.2) is 35.5 Å². The highest BCUT2D eigenvalue weighted by molar-refractivity contribution is 7.99. The summed E-state index contributed by atoms with van der Waals surface area (Å²) in [6.45, 7) is 6.20. The monoisotopic (exact) mass is 302 g/mol. The van der Waals surface area contributed by atoms with Gasteiger partial charge in [0.05, 0.1) is 11.4 Å². The Balaban J connectivity index is 2.28. The van der Waals surface area contributed by atoms with Gasteiger partial charge in [-0.25, -0.2) is 9.97 Å². The lowest BCUT2D eigenvalue weighted by atomic mass is 10.0. The van der Waals surface area contributed by atoms with Crippen molar-refractivity contribution in [3.63, 3.8) is 0 Å². The fourth-order valence-corrected chi connectivity index (χ4v) is 2.54. The summed E-state index contributed by atoms with van der Waals surface area (Å²) in [4.78, 5) is 19.3. The molecule has 110 valence electrons. The molecule has 1 heterocycles. The first-order valence-corrected chi connectivity index (χ1v) is 7.75. The molecule has 5 heteroatoms. The van der Waals surface area contributed by atoms with Gasteiger partial charge in [0.2, 0.25) is 0 Å². The van der Waals surface area contributed by atoms with E-state index in [9.17, 15) is 4.79 Å². The second-order valence-electron chi connectivity index (χ2n) is 5.14. The number of carboxylic acids is 1. The first-order chi connectivity index (χ1) is 9.95. The Morgan fingerprint density at radius 2 is 1.90 bits per heavy atom. The van der Waals surface area contributed by atoms with Gasteiger partial charge in [0, 0.05) is 11.3 Å². The predicted octanol–water partition coefficient (Wildman–Crippen LogP) is 3.75. The molecular weight excluding hydrogens is 284 g/mol. The molecule has 1 N–H and O–H groups in total.